The van der Waals surface area contributed by atoms with Crippen molar-refractivity contribution in [1.82, 2.24) is 0 Å². The molecule has 0 bridgehead atoms. The van der Waals surface area contributed by atoms with E-state index in [9.17, 15) is 4.79 Å². The van der Waals surface area contributed by atoms with Gasteiger partial charge in [0, 0.05) is 24.7 Å². The first-order valence-corrected chi connectivity index (χ1v) is 6.60. The lowest BCUT2D eigenvalue weighted by molar-refractivity contribution is -0.121. The van der Waals surface area contributed by atoms with E-state index < -0.39 is 0 Å². The summed E-state index contributed by atoms with van der Waals surface area (Å²) in [4.78, 5) is 13.9. The summed E-state index contributed by atoms with van der Waals surface area (Å²) in [6.45, 7) is 3.99. The topological polar surface area (TPSA) is 46.3 Å². The minimum atomic E-state index is 0.0500. The molecule has 18 heavy (non-hydrogen) atoms. The highest BCUT2D eigenvalue weighted by Crippen LogP contribution is 2.17. The summed E-state index contributed by atoms with van der Waals surface area (Å²) in [7, 11) is 1.83. The lowest BCUT2D eigenvalue weighted by Gasteiger charge is -2.21. The maximum atomic E-state index is 12.2. The first kappa shape index (κ1) is 14.7. The van der Waals surface area contributed by atoms with Crippen molar-refractivity contribution in [1.29, 1.82) is 0 Å². The molecule has 0 fully saturated rings. The predicted molar refractivity (Wildman–Crippen MR) is 76.5 cm³/mol. The van der Waals surface area contributed by atoms with E-state index >= 15 is 0 Å². The number of para-hydroxylation sites is 1. The second-order valence-corrected chi connectivity index (χ2v) is 5.04. The molecule has 0 radical (unpaired) electrons. The number of nitrogens with zero attached hydrogens (tertiary/aromatic N) is 1. The second kappa shape index (κ2) is 7.17. The summed E-state index contributed by atoms with van der Waals surface area (Å²) in [6, 6.07) is 9.96. The van der Waals surface area contributed by atoms with Crippen LogP contribution < -0.4 is 10.6 Å². The van der Waals surface area contributed by atoms with Gasteiger partial charge in [-0.1, -0.05) is 31.5 Å². The molecule has 1 amide bonds. The number of hydrogen-bond donors (Lipinski definition) is 1. The van der Waals surface area contributed by atoms with Gasteiger partial charge in [-0.25, -0.2) is 0 Å². The van der Waals surface area contributed by atoms with Crippen LogP contribution in [0.5, 0.6) is 0 Å². The molecule has 2 atom stereocenters. The first-order valence-electron chi connectivity index (χ1n) is 6.60. The van der Waals surface area contributed by atoms with Gasteiger partial charge in [0.05, 0.1) is 0 Å². The molecule has 0 aliphatic carbocycles. The molecule has 1 aromatic carbocycles. The molecule has 0 heterocycles. The zero-order valence-electron chi connectivity index (χ0n) is 11.6. The lowest BCUT2D eigenvalue weighted by atomic mass is 10.0. The maximum Gasteiger partial charge on any atom is 0.229 e. The molecular formula is C15H24N2O. The van der Waals surface area contributed by atoms with Gasteiger partial charge >= 0.3 is 0 Å². The molecule has 3 heteroatoms. The van der Waals surface area contributed by atoms with E-state index in [0.717, 1.165) is 24.9 Å². The minimum absolute atomic E-state index is 0.0500. The van der Waals surface area contributed by atoms with Gasteiger partial charge in [-0.2, -0.15) is 0 Å². The van der Waals surface area contributed by atoms with Crippen LogP contribution in [0.25, 0.3) is 0 Å². The number of hydrogen-bond acceptors (Lipinski definition) is 2. The lowest BCUT2D eigenvalue weighted by Crippen LogP contribution is -2.31. The third-order valence-electron chi connectivity index (χ3n) is 3.19. The molecule has 0 aliphatic heterocycles. The molecule has 0 saturated carbocycles. The van der Waals surface area contributed by atoms with Crippen LogP contribution in [0.3, 0.4) is 0 Å². The van der Waals surface area contributed by atoms with Crippen molar-refractivity contribution >= 4 is 11.6 Å². The van der Waals surface area contributed by atoms with E-state index in [1.807, 2.05) is 51.2 Å². The largest absolute Gasteiger partial charge is 0.328 e. The van der Waals surface area contributed by atoms with Crippen LogP contribution in [0.4, 0.5) is 5.69 Å². The SMILES string of the molecule is CC(N)CCCC(C)C(=O)N(C)c1ccccc1. The van der Waals surface area contributed by atoms with E-state index in [1.54, 1.807) is 4.90 Å². The van der Waals surface area contributed by atoms with Crippen LogP contribution in [0, 0.1) is 5.92 Å². The van der Waals surface area contributed by atoms with Gasteiger partial charge in [-0.3, -0.25) is 4.79 Å². The van der Waals surface area contributed by atoms with E-state index in [-0.39, 0.29) is 17.9 Å². The van der Waals surface area contributed by atoms with Crippen LogP contribution in [0.2, 0.25) is 0 Å². The van der Waals surface area contributed by atoms with E-state index in [1.165, 1.54) is 0 Å². The minimum Gasteiger partial charge on any atom is -0.328 e. The summed E-state index contributed by atoms with van der Waals surface area (Å²) < 4.78 is 0. The van der Waals surface area contributed by atoms with Crippen LogP contribution in [0.1, 0.15) is 33.1 Å². The smallest absolute Gasteiger partial charge is 0.229 e. The van der Waals surface area contributed by atoms with Gasteiger partial charge in [0.25, 0.3) is 0 Å². The molecule has 100 valence electrons. The Morgan fingerprint density at radius 1 is 1.22 bits per heavy atom. The monoisotopic (exact) mass is 248 g/mol. The van der Waals surface area contributed by atoms with Crippen LogP contribution in [-0.4, -0.2) is 19.0 Å². The van der Waals surface area contributed by atoms with Crippen molar-refractivity contribution < 1.29 is 4.79 Å². The Hall–Kier alpha value is -1.35. The summed E-state index contributed by atoms with van der Waals surface area (Å²) in [5.41, 5.74) is 6.66. The van der Waals surface area contributed by atoms with Crippen LogP contribution in [-0.2, 0) is 4.79 Å². The highest BCUT2D eigenvalue weighted by atomic mass is 16.2. The van der Waals surface area contributed by atoms with Crippen LogP contribution >= 0.6 is 0 Å². The Morgan fingerprint density at radius 2 is 1.83 bits per heavy atom. The summed E-state index contributed by atoms with van der Waals surface area (Å²) in [5.74, 6) is 0.222. The number of nitrogens with two attached hydrogens (primary N) is 1. The van der Waals surface area contributed by atoms with Crippen molar-refractivity contribution in [2.24, 2.45) is 11.7 Å². The number of carbonyl (C=O) groups excluding carboxylic acids is 1. The van der Waals surface area contributed by atoms with Gasteiger partial charge in [0.2, 0.25) is 5.91 Å². The zero-order valence-corrected chi connectivity index (χ0v) is 11.6. The van der Waals surface area contributed by atoms with E-state index in [0.29, 0.717) is 0 Å². The van der Waals surface area contributed by atoms with E-state index in [4.69, 9.17) is 5.73 Å². The maximum absolute atomic E-state index is 12.2. The Labute approximate surface area is 110 Å². The molecule has 2 unspecified atom stereocenters. The van der Waals surface area contributed by atoms with Crippen molar-refractivity contribution in [3.8, 4) is 0 Å². The highest BCUT2D eigenvalue weighted by molar-refractivity contribution is 5.94. The molecular weight excluding hydrogens is 224 g/mol. The quantitative estimate of drug-likeness (QED) is 0.841. The van der Waals surface area contributed by atoms with E-state index in [2.05, 4.69) is 0 Å². The van der Waals surface area contributed by atoms with Gasteiger partial charge in [0.15, 0.2) is 0 Å². The summed E-state index contributed by atoms with van der Waals surface area (Å²) in [5, 5.41) is 0. The average molecular weight is 248 g/mol. The Balaban J connectivity index is 2.48. The van der Waals surface area contributed by atoms with Gasteiger partial charge in [0.1, 0.15) is 0 Å². The summed E-state index contributed by atoms with van der Waals surface area (Å²) in [6.07, 6.45) is 2.89. The molecule has 1 aromatic rings. The number of anilines is 1. The Morgan fingerprint density at radius 3 is 2.39 bits per heavy atom. The van der Waals surface area contributed by atoms with Crippen molar-refractivity contribution in [3.05, 3.63) is 30.3 Å². The summed E-state index contributed by atoms with van der Waals surface area (Å²) >= 11 is 0. The molecule has 1 rings (SSSR count). The number of carbonyl (C=O) groups is 1. The standard InChI is InChI=1S/C15H24N2O/c1-12(8-7-9-13(2)16)15(18)17(3)14-10-5-4-6-11-14/h4-6,10-13H,7-9,16H2,1-3H3. The molecule has 3 nitrogen and oxygen atoms in total. The molecule has 2 N–H and O–H groups in total. The molecule has 0 saturated heterocycles. The predicted octanol–water partition coefficient (Wildman–Crippen LogP) is 2.80. The average Bonchev–Trinajstić information content (AvgIpc) is 2.37. The van der Waals surface area contributed by atoms with Gasteiger partial charge in [-0.15, -0.1) is 0 Å². The van der Waals surface area contributed by atoms with Crippen molar-refractivity contribution in [3.63, 3.8) is 0 Å². The third-order valence-corrected chi connectivity index (χ3v) is 3.19. The number of benzene rings is 1. The van der Waals surface area contributed by atoms with Crippen LogP contribution in [0.15, 0.2) is 30.3 Å². The fraction of sp³-hybridized carbons (Fsp3) is 0.533. The Kier molecular flexibility index (Phi) is 5.86. The van der Waals surface area contributed by atoms with Crippen molar-refractivity contribution in [2.75, 3.05) is 11.9 Å². The number of amides is 1. The molecule has 0 spiro atoms. The zero-order chi connectivity index (χ0) is 13.5. The van der Waals surface area contributed by atoms with Gasteiger partial charge < -0.3 is 10.6 Å². The van der Waals surface area contributed by atoms with Gasteiger partial charge in [-0.05, 0) is 31.9 Å². The Bertz CT molecular complexity index is 362. The third kappa shape index (κ3) is 4.49. The van der Waals surface area contributed by atoms with Crippen molar-refractivity contribution in [2.45, 2.75) is 39.2 Å². The first-order chi connectivity index (χ1) is 8.52. The normalized spacial score (nSPS) is 14.0. The fourth-order valence-electron chi connectivity index (χ4n) is 1.98. The molecule has 0 aromatic heterocycles. The highest BCUT2D eigenvalue weighted by Gasteiger charge is 2.18. The fourth-order valence-corrected chi connectivity index (χ4v) is 1.98. The molecule has 0 aliphatic rings. The second-order valence-electron chi connectivity index (χ2n) is 5.04. The number of rotatable bonds is 6.